The van der Waals surface area contributed by atoms with E-state index >= 15 is 0 Å². The highest BCUT2D eigenvalue weighted by Gasteiger charge is 2.39. The predicted octanol–water partition coefficient (Wildman–Crippen LogP) is 2.85. The van der Waals surface area contributed by atoms with Crippen LogP contribution in [0, 0.1) is 0 Å². The van der Waals surface area contributed by atoms with Crippen molar-refractivity contribution in [1.29, 1.82) is 0 Å². The Morgan fingerprint density at radius 3 is 1.69 bits per heavy atom. The number of amides is 4. The first-order valence-electron chi connectivity index (χ1n) is 9.70. The summed E-state index contributed by atoms with van der Waals surface area (Å²) in [5.41, 5.74) is 1.55. The Morgan fingerprint density at radius 2 is 1.16 bits per heavy atom. The van der Waals surface area contributed by atoms with Gasteiger partial charge in [0, 0.05) is 0 Å². The fourth-order valence-electron chi connectivity index (χ4n) is 3.75. The molecule has 4 amide bonds. The molecule has 0 radical (unpaired) electrons. The van der Waals surface area contributed by atoms with Crippen molar-refractivity contribution in [2.45, 2.75) is 6.54 Å². The zero-order chi connectivity index (χ0) is 22.4. The fourth-order valence-corrected chi connectivity index (χ4v) is 3.75. The largest absolute Gasteiger partial charge is 0.363 e. The quantitative estimate of drug-likeness (QED) is 0.595. The first kappa shape index (κ1) is 19.4. The molecule has 2 heterocycles. The summed E-state index contributed by atoms with van der Waals surface area (Å²) in [5, 5.41) is 0.434. The van der Waals surface area contributed by atoms with Gasteiger partial charge < -0.3 is 4.84 Å². The lowest BCUT2D eigenvalue weighted by Gasteiger charge is -2.15. The summed E-state index contributed by atoms with van der Waals surface area (Å²) in [7, 11) is 0. The van der Waals surface area contributed by atoms with Gasteiger partial charge in [0.15, 0.2) is 0 Å². The van der Waals surface area contributed by atoms with Crippen LogP contribution in [-0.4, -0.2) is 39.6 Å². The Balaban J connectivity index is 1.34. The second kappa shape index (κ2) is 7.28. The van der Waals surface area contributed by atoms with Crippen molar-refractivity contribution in [1.82, 2.24) is 9.96 Å². The summed E-state index contributed by atoms with van der Waals surface area (Å²) < 4.78 is 0. The highest BCUT2D eigenvalue weighted by Crippen LogP contribution is 2.26. The van der Waals surface area contributed by atoms with Crippen LogP contribution in [0.4, 0.5) is 0 Å². The second-order valence-electron chi connectivity index (χ2n) is 7.27. The third-order valence-electron chi connectivity index (χ3n) is 5.31. The van der Waals surface area contributed by atoms with E-state index in [0.29, 0.717) is 21.8 Å². The second-order valence-corrected chi connectivity index (χ2v) is 7.27. The van der Waals surface area contributed by atoms with Gasteiger partial charge in [0.1, 0.15) is 0 Å². The number of carbonyl (C=O) groups excluding carboxylic acids is 5. The van der Waals surface area contributed by atoms with Crippen molar-refractivity contribution in [3.8, 4) is 0 Å². The summed E-state index contributed by atoms with van der Waals surface area (Å²) in [6, 6.07) is 18.8. The lowest BCUT2D eigenvalue weighted by Crippen LogP contribution is -2.32. The van der Waals surface area contributed by atoms with Crippen molar-refractivity contribution >= 4 is 29.6 Å². The van der Waals surface area contributed by atoms with Crippen LogP contribution in [0.15, 0.2) is 72.8 Å². The van der Waals surface area contributed by atoms with Gasteiger partial charge in [-0.2, -0.15) is 0 Å². The van der Waals surface area contributed by atoms with E-state index in [2.05, 4.69) is 0 Å². The first-order chi connectivity index (χ1) is 15.5. The fraction of sp³-hybridized carbons (Fsp3) is 0.0417. The van der Waals surface area contributed by atoms with E-state index in [1.807, 2.05) is 0 Å². The summed E-state index contributed by atoms with van der Waals surface area (Å²) in [6.45, 7) is -0.0412. The molecule has 0 N–H and O–H groups in total. The Hall–Kier alpha value is -4.59. The number of nitrogens with zero attached hydrogens (tertiary/aromatic N) is 2. The predicted molar refractivity (Wildman–Crippen MR) is 109 cm³/mol. The number of fused-ring (bicyclic) bond motifs is 2. The Bertz CT molecular complexity index is 1280. The molecule has 0 saturated heterocycles. The van der Waals surface area contributed by atoms with Crippen molar-refractivity contribution in [2.24, 2.45) is 0 Å². The van der Waals surface area contributed by atoms with Gasteiger partial charge in [-0.05, 0) is 42.0 Å². The minimum absolute atomic E-state index is 0.0412. The average Bonchev–Trinajstić information content (AvgIpc) is 3.20. The van der Waals surface area contributed by atoms with Crippen molar-refractivity contribution in [3.05, 3.63) is 106 Å². The monoisotopic (exact) mass is 426 g/mol. The molecule has 32 heavy (non-hydrogen) atoms. The molecule has 0 bridgehead atoms. The summed E-state index contributed by atoms with van der Waals surface area (Å²) in [6.07, 6.45) is 0. The Labute approximate surface area is 181 Å². The molecule has 0 fully saturated rings. The Kier molecular flexibility index (Phi) is 4.41. The van der Waals surface area contributed by atoms with Gasteiger partial charge in [-0.3, -0.25) is 24.1 Å². The molecule has 0 atom stereocenters. The minimum Gasteiger partial charge on any atom is -0.324 e. The molecule has 0 saturated carbocycles. The zero-order valence-electron chi connectivity index (χ0n) is 16.5. The van der Waals surface area contributed by atoms with E-state index in [4.69, 9.17) is 4.84 Å². The van der Waals surface area contributed by atoms with E-state index in [0.717, 1.165) is 4.90 Å². The lowest BCUT2D eigenvalue weighted by atomic mass is 10.1. The number of carbonyl (C=O) groups is 5. The molecule has 8 nitrogen and oxygen atoms in total. The molecule has 2 aliphatic heterocycles. The van der Waals surface area contributed by atoms with Crippen molar-refractivity contribution in [3.63, 3.8) is 0 Å². The molecular weight excluding hydrogens is 412 g/mol. The van der Waals surface area contributed by atoms with Gasteiger partial charge in [0.05, 0.1) is 34.4 Å². The minimum atomic E-state index is -0.913. The van der Waals surface area contributed by atoms with Crippen LogP contribution in [0.3, 0.4) is 0 Å². The molecule has 8 heteroatoms. The van der Waals surface area contributed by atoms with Crippen LogP contribution in [0.2, 0.25) is 0 Å². The van der Waals surface area contributed by atoms with Crippen LogP contribution >= 0.6 is 0 Å². The molecular formula is C24H14N2O6. The maximum absolute atomic E-state index is 12.6. The van der Waals surface area contributed by atoms with E-state index in [1.165, 1.54) is 24.3 Å². The molecule has 0 aromatic heterocycles. The Morgan fingerprint density at radius 1 is 0.656 bits per heavy atom. The van der Waals surface area contributed by atoms with Crippen molar-refractivity contribution < 1.29 is 28.8 Å². The number of benzene rings is 3. The summed E-state index contributed by atoms with van der Waals surface area (Å²) >= 11 is 0. The van der Waals surface area contributed by atoms with Crippen LogP contribution in [-0.2, 0) is 11.4 Å². The van der Waals surface area contributed by atoms with E-state index < -0.39 is 29.6 Å². The van der Waals surface area contributed by atoms with Gasteiger partial charge in [-0.15, -0.1) is 0 Å². The first-order valence-corrected chi connectivity index (χ1v) is 9.70. The normalized spacial score (nSPS) is 14.6. The molecule has 0 spiro atoms. The highest BCUT2D eigenvalue weighted by atomic mass is 16.7. The topological polar surface area (TPSA) is 101 Å². The van der Waals surface area contributed by atoms with Gasteiger partial charge in [0.2, 0.25) is 0 Å². The van der Waals surface area contributed by atoms with Crippen LogP contribution < -0.4 is 0 Å². The number of imide groups is 2. The third kappa shape index (κ3) is 2.97. The summed E-state index contributed by atoms with van der Waals surface area (Å²) in [4.78, 5) is 68.7. The average molecular weight is 426 g/mol. The number of hydrogen-bond donors (Lipinski definition) is 0. The van der Waals surface area contributed by atoms with Gasteiger partial charge in [-0.1, -0.05) is 41.5 Å². The molecule has 2 aliphatic rings. The number of hydrogen-bond acceptors (Lipinski definition) is 6. The standard InChI is InChI=1S/C24H14N2O6/c27-20-16-8-1-2-9-17(16)21(28)25(20)13-14-6-5-7-15(12-14)24(31)32-26-22(29)18-10-3-4-11-19(18)23(26)30/h1-12H,13H2. The molecule has 156 valence electrons. The van der Waals surface area contributed by atoms with Crippen LogP contribution in [0.25, 0.3) is 0 Å². The summed E-state index contributed by atoms with van der Waals surface area (Å²) in [5.74, 6) is -3.18. The van der Waals surface area contributed by atoms with Gasteiger partial charge in [0.25, 0.3) is 23.6 Å². The molecule has 5 rings (SSSR count). The van der Waals surface area contributed by atoms with E-state index in [-0.39, 0.29) is 23.2 Å². The lowest BCUT2D eigenvalue weighted by molar-refractivity contribution is -0.0584. The molecule has 0 unspecified atom stereocenters. The van der Waals surface area contributed by atoms with Crippen molar-refractivity contribution in [2.75, 3.05) is 0 Å². The van der Waals surface area contributed by atoms with Crippen LogP contribution in [0.1, 0.15) is 57.4 Å². The van der Waals surface area contributed by atoms with E-state index in [1.54, 1.807) is 48.5 Å². The highest BCUT2D eigenvalue weighted by molar-refractivity contribution is 6.22. The maximum atomic E-state index is 12.6. The van der Waals surface area contributed by atoms with Gasteiger partial charge >= 0.3 is 5.97 Å². The zero-order valence-corrected chi connectivity index (χ0v) is 16.5. The maximum Gasteiger partial charge on any atom is 0.363 e. The van der Waals surface area contributed by atoms with E-state index in [9.17, 15) is 24.0 Å². The SMILES string of the molecule is O=C(ON1C(=O)c2ccccc2C1=O)c1cccc(CN2C(=O)c3ccccc3C2=O)c1. The van der Waals surface area contributed by atoms with Gasteiger partial charge in [-0.25, -0.2) is 4.79 Å². The number of hydroxylamine groups is 2. The molecule has 3 aromatic rings. The molecule has 0 aliphatic carbocycles. The smallest absolute Gasteiger partial charge is 0.324 e. The van der Waals surface area contributed by atoms with Crippen LogP contribution in [0.5, 0.6) is 0 Å². The third-order valence-corrected chi connectivity index (χ3v) is 5.31. The number of rotatable bonds is 4. The molecule has 3 aromatic carbocycles.